The first-order valence-electron chi connectivity index (χ1n) is 8.75. The fraction of sp³-hybridized carbons (Fsp3) is 0.136. The van der Waals surface area contributed by atoms with Crippen molar-refractivity contribution in [2.75, 3.05) is 10.6 Å². The lowest BCUT2D eigenvalue weighted by molar-refractivity contribution is 0.102. The molecular formula is C22H21N3O2. The number of hydrogen-bond donors (Lipinski definition) is 2. The minimum absolute atomic E-state index is 0.311. The van der Waals surface area contributed by atoms with Gasteiger partial charge in [0.2, 0.25) is 0 Å². The highest BCUT2D eigenvalue weighted by molar-refractivity contribution is 6.08. The summed E-state index contributed by atoms with van der Waals surface area (Å²) in [5.41, 5.74) is 3.23. The van der Waals surface area contributed by atoms with Crippen LogP contribution in [0.5, 0.6) is 0 Å². The number of pyridine rings is 1. The number of anilines is 2. The third kappa shape index (κ3) is 4.79. The summed E-state index contributed by atoms with van der Waals surface area (Å²) < 4.78 is 0. The smallest absolute Gasteiger partial charge is 0.257 e. The molecule has 136 valence electrons. The van der Waals surface area contributed by atoms with Crippen molar-refractivity contribution in [3.05, 3.63) is 89.7 Å². The summed E-state index contributed by atoms with van der Waals surface area (Å²) in [4.78, 5) is 28.9. The normalized spacial score (nSPS) is 10.5. The van der Waals surface area contributed by atoms with Crippen LogP contribution in [0.1, 0.15) is 46.0 Å². The van der Waals surface area contributed by atoms with Gasteiger partial charge in [0.1, 0.15) is 0 Å². The summed E-state index contributed by atoms with van der Waals surface area (Å²) in [5, 5.41) is 5.61. The van der Waals surface area contributed by atoms with Crippen molar-refractivity contribution in [2.24, 2.45) is 0 Å². The number of aromatic nitrogens is 1. The van der Waals surface area contributed by atoms with Crippen LogP contribution in [-0.2, 0) is 0 Å². The average molecular weight is 359 g/mol. The standard InChI is InChI=1S/C22H21N3O2/c1-15(2)16-8-10-20(11-9-16)25-22(27)18-12-17(13-23-14-18)21(26)24-19-6-4-3-5-7-19/h3-15H,1-2H3,(H,24,26)(H,25,27). The molecule has 5 nitrogen and oxygen atoms in total. The highest BCUT2D eigenvalue weighted by Gasteiger charge is 2.12. The zero-order valence-electron chi connectivity index (χ0n) is 15.3. The molecule has 0 unspecified atom stereocenters. The van der Waals surface area contributed by atoms with E-state index in [4.69, 9.17) is 0 Å². The van der Waals surface area contributed by atoms with Crippen molar-refractivity contribution in [1.29, 1.82) is 0 Å². The third-order valence-corrected chi connectivity index (χ3v) is 4.13. The Bertz CT molecular complexity index is 935. The lowest BCUT2D eigenvalue weighted by Gasteiger charge is -2.09. The van der Waals surface area contributed by atoms with Gasteiger partial charge in [0.25, 0.3) is 11.8 Å². The van der Waals surface area contributed by atoms with Crippen LogP contribution < -0.4 is 10.6 Å². The highest BCUT2D eigenvalue weighted by atomic mass is 16.2. The van der Waals surface area contributed by atoms with Gasteiger partial charge >= 0.3 is 0 Å². The Hall–Kier alpha value is -3.47. The summed E-state index contributed by atoms with van der Waals surface area (Å²) in [6.07, 6.45) is 2.88. The zero-order valence-corrected chi connectivity index (χ0v) is 15.3. The molecule has 2 aromatic carbocycles. The monoisotopic (exact) mass is 359 g/mol. The number of carbonyl (C=O) groups excluding carboxylic acids is 2. The third-order valence-electron chi connectivity index (χ3n) is 4.13. The molecule has 0 aliphatic heterocycles. The van der Waals surface area contributed by atoms with Gasteiger partial charge in [0.15, 0.2) is 0 Å². The molecule has 0 bridgehead atoms. The Morgan fingerprint density at radius 3 is 1.81 bits per heavy atom. The van der Waals surface area contributed by atoms with Crippen LogP contribution in [0, 0.1) is 0 Å². The van der Waals surface area contributed by atoms with Gasteiger partial charge in [0.05, 0.1) is 11.1 Å². The Morgan fingerprint density at radius 1 is 0.778 bits per heavy atom. The van der Waals surface area contributed by atoms with Crippen LogP contribution >= 0.6 is 0 Å². The predicted octanol–water partition coefficient (Wildman–Crippen LogP) is 4.71. The van der Waals surface area contributed by atoms with Crippen LogP contribution in [-0.4, -0.2) is 16.8 Å². The van der Waals surface area contributed by atoms with Crippen molar-refractivity contribution < 1.29 is 9.59 Å². The minimum atomic E-state index is -0.315. The summed E-state index contributed by atoms with van der Waals surface area (Å²) in [7, 11) is 0. The molecule has 1 aromatic heterocycles. The molecule has 1 heterocycles. The van der Waals surface area contributed by atoms with E-state index < -0.39 is 0 Å². The fourth-order valence-corrected chi connectivity index (χ4v) is 2.57. The van der Waals surface area contributed by atoms with Crippen LogP contribution in [0.3, 0.4) is 0 Å². The van der Waals surface area contributed by atoms with Crippen LogP contribution in [0.15, 0.2) is 73.1 Å². The molecule has 0 aliphatic carbocycles. The number of benzene rings is 2. The summed E-state index contributed by atoms with van der Waals surface area (Å²) in [6, 6.07) is 18.4. The lowest BCUT2D eigenvalue weighted by atomic mass is 10.0. The maximum absolute atomic E-state index is 12.5. The van der Waals surface area contributed by atoms with Gasteiger partial charge in [-0.3, -0.25) is 14.6 Å². The highest BCUT2D eigenvalue weighted by Crippen LogP contribution is 2.18. The maximum Gasteiger partial charge on any atom is 0.257 e. The molecule has 0 fully saturated rings. The second-order valence-electron chi connectivity index (χ2n) is 6.51. The Morgan fingerprint density at radius 2 is 1.30 bits per heavy atom. The van der Waals surface area contributed by atoms with Crippen LogP contribution in [0.4, 0.5) is 11.4 Å². The molecule has 3 rings (SSSR count). The van der Waals surface area contributed by atoms with Crippen molar-refractivity contribution in [2.45, 2.75) is 19.8 Å². The molecule has 3 aromatic rings. The van der Waals surface area contributed by atoms with Crippen molar-refractivity contribution in [3.63, 3.8) is 0 Å². The van der Waals surface area contributed by atoms with E-state index in [-0.39, 0.29) is 11.8 Å². The van der Waals surface area contributed by atoms with Gasteiger partial charge in [-0.15, -0.1) is 0 Å². The number of carbonyl (C=O) groups is 2. The second-order valence-corrected chi connectivity index (χ2v) is 6.51. The molecule has 0 radical (unpaired) electrons. The molecule has 0 saturated heterocycles. The van der Waals surface area contributed by atoms with E-state index in [1.165, 1.54) is 24.0 Å². The quantitative estimate of drug-likeness (QED) is 0.693. The zero-order chi connectivity index (χ0) is 19.2. The Kier molecular flexibility index (Phi) is 5.61. The number of para-hydroxylation sites is 1. The number of rotatable bonds is 5. The number of nitrogens with zero attached hydrogens (tertiary/aromatic N) is 1. The van der Waals surface area contributed by atoms with Crippen LogP contribution in [0.2, 0.25) is 0 Å². The van der Waals surface area contributed by atoms with E-state index >= 15 is 0 Å². The fourth-order valence-electron chi connectivity index (χ4n) is 2.57. The molecule has 5 heteroatoms. The van der Waals surface area contributed by atoms with E-state index in [9.17, 15) is 9.59 Å². The van der Waals surface area contributed by atoms with E-state index in [0.29, 0.717) is 28.4 Å². The van der Waals surface area contributed by atoms with Gasteiger partial charge in [-0.2, -0.15) is 0 Å². The first kappa shape index (κ1) is 18.3. The number of hydrogen-bond acceptors (Lipinski definition) is 3. The summed E-state index contributed by atoms with van der Waals surface area (Å²) in [6.45, 7) is 4.23. The molecule has 0 spiro atoms. The maximum atomic E-state index is 12.5. The summed E-state index contributed by atoms with van der Waals surface area (Å²) >= 11 is 0. The first-order valence-corrected chi connectivity index (χ1v) is 8.75. The van der Waals surface area contributed by atoms with Crippen molar-refractivity contribution in [3.8, 4) is 0 Å². The Balaban J connectivity index is 1.70. The van der Waals surface area contributed by atoms with E-state index in [0.717, 1.165) is 0 Å². The van der Waals surface area contributed by atoms with Gasteiger partial charge < -0.3 is 10.6 Å². The molecule has 0 saturated carbocycles. The van der Waals surface area contributed by atoms with Gasteiger partial charge in [-0.05, 0) is 41.8 Å². The van der Waals surface area contributed by atoms with Gasteiger partial charge in [-0.1, -0.05) is 44.2 Å². The summed E-state index contributed by atoms with van der Waals surface area (Å²) in [5.74, 6) is -0.197. The largest absolute Gasteiger partial charge is 0.322 e. The van der Waals surface area contributed by atoms with E-state index in [1.54, 1.807) is 12.1 Å². The van der Waals surface area contributed by atoms with Crippen molar-refractivity contribution >= 4 is 23.2 Å². The molecule has 0 atom stereocenters. The molecule has 2 N–H and O–H groups in total. The predicted molar refractivity (Wildman–Crippen MR) is 107 cm³/mol. The molecule has 2 amide bonds. The van der Waals surface area contributed by atoms with E-state index in [1.807, 2.05) is 42.5 Å². The average Bonchev–Trinajstić information content (AvgIpc) is 2.69. The van der Waals surface area contributed by atoms with Gasteiger partial charge in [-0.25, -0.2) is 0 Å². The van der Waals surface area contributed by atoms with Gasteiger partial charge in [0, 0.05) is 23.8 Å². The minimum Gasteiger partial charge on any atom is -0.322 e. The molecule has 0 aliphatic rings. The number of amides is 2. The van der Waals surface area contributed by atoms with E-state index in [2.05, 4.69) is 29.5 Å². The van der Waals surface area contributed by atoms with Crippen molar-refractivity contribution in [1.82, 2.24) is 4.98 Å². The second kappa shape index (κ2) is 8.27. The molecule has 27 heavy (non-hydrogen) atoms. The SMILES string of the molecule is CC(C)c1ccc(NC(=O)c2cncc(C(=O)Nc3ccccc3)c2)cc1. The molecular weight excluding hydrogens is 338 g/mol. The number of nitrogens with one attached hydrogen (secondary N) is 2. The lowest BCUT2D eigenvalue weighted by Crippen LogP contribution is -2.16. The Labute approximate surface area is 158 Å². The van der Waals surface area contributed by atoms with Crippen LogP contribution in [0.25, 0.3) is 0 Å². The first-order chi connectivity index (χ1) is 13.0. The topological polar surface area (TPSA) is 71.1 Å².